The van der Waals surface area contributed by atoms with E-state index in [-0.39, 0.29) is 19.1 Å². The number of sulfonamides is 1. The second-order valence-electron chi connectivity index (χ2n) is 7.41. The molecule has 6 nitrogen and oxygen atoms in total. The van der Waals surface area contributed by atoms with Crippen LogP contribution >= 0.6 is 11.6 Å². The Labute approximate surface area is 193 Å². The Bertz CT molecular complexity index is 1160. The zero-order chi connectivity index (χ0) is 23.1. The van der Waals surface area contributed by atoms with E-state index in [9.17, 15) is 13.2 Å². The molecule has 0 bridgehead atoms. The first kappa shape index (κ1) is 23.6. The van der Waals surface area contributed by atoms with Gasteiger partial charge in [0, 0.05) is 11.6 Å². The molecule has 3 aromatic rings. The predicted molar refractivity (Wildman–Crippen MR) is 127 cm³/mol. The smallest absolute Gasteiger partial charge is 0.258 e. The lowest BCUT2D eigenvalue weighted by Gasteiger charge is -2.23. The van der Waals surface area contributed by atoms with Gasteiger partial charge in [-0.1, -0.05) is 59.6 Å². The van der Waals surface area contributed by atoms with Crippen molar-refractivity contribution in [2.45, 2.75) is 20.0 Å². The van der Waals surface area contributed by atoms with Gasteiger partial charge in [-0.2, -0.15) is 0 Å². The number of amides is 1. The second-order valence-corrected chi connectivity index (χ2v) is 9.72. The van der Waals surface area contributed by atoms with E-state index in [0.29, 0.717) is 23.0 Å². The van der Waals surface area contributed by atoms with Gasteiger partial charge < -0.3 is 10.1 Å². The zero-order valence-electron chi connectivity index (χ0n) is 17.9. The van der Waals surface area contributed by atoms with Gasteiger partial charge in [-0.15, -0.1) is 0 Å². The Morgan fingerprint density at radius 1 is 1.00 bits per heavy atom. The molecule has 0 heterocycles. The fraction of sp³-hybridized carbons (Fsp3) is 0.208. The summed E-state index contributed by atoms with van der Waals surface area (Å²) >= 11 is 6.08. The van der Waals surface area contributed by atoms with E-state index in [1.807, 2.05) is 49.4 Å². The monoisotopic (exact) mass is 472 g/mol. The van der Waals surface area contributed by atoms with Crippen LogP contribution in [0.25, 0.3) is 0 Å². The van der Waals surface area contributed by atoms with Crippen molar-refractivity contribution in [1.29, 1.82) is 0 Å². The van der Waals surface area contributed by atoms with Crippen LogP contribution in [0.3, 0.4) is 0 Å². The minimum atomic E-state index is -3.48. The predicted octanol–water partition coefficient (Wildman–Crippen LogP) is 4.31. The quantitative estimate of drug-likeness (QED) is 0.503. The van der Waals surface area contributed by atoms with Crippen LogP contribution in [-0.4, -0.2) is 27.2 Å². The van der Waals surface area contributed by atoms with Crippen molar-refractivity contribution in [2.24, 2.45) is 0 Å². The van der Waals surface area contributed by atoms with E-state index in [1.54, 1.807) is 30.3 Å². The molecule has 0 aromatic heterocycles. The highest BCUT2D eigenvalue weighted by Crippen LogP contribution is 2.24. The highest BCUT2D eigenvalue weighted by Gasteiger charge is 2.18. The molecule has 0 aliphatic heterocycles. The lowest BCUT2D eigenvalue weighted by atomic mass is 10.1. The molecule has 1 amide bonds. The number of hydrogen-bond donors (Lipinski definition) is 1. The molecule has 8 heteroatoms. The van der Waals surface area contributed by atoms with Crippen LogP contribution < -0.4 is 14.4 Å². The number of carbonyl (C=O) groups is 1. The summed E-state index contributed by atoms with van der Waals surface area (Å²) in [7, 11) is -3.48. The molecule has 1 N–H and O–H groups in total. The molecule has 0 aliphatic rings. The van der Waals surface area contributed by atoms with E-state index in [0.717, 1.165) is 16.7 Å². The number of carbonyl (C=O) groups excluding carboxylic acids is 1. The molecule has 168 valence electrons. The van der Waals surface area contributed by atoms with Crippen LogP contribution in [0, 0.1) is 6.92 Å². The topological polar surface area (TPSA) is 75.7 Å². The highest BCUT2D eigenvalue weighted by atomic mass is 35.5. The van der Waals surface area contributed by atoms with Crippen molar-refractivity contribution in [3.63, 3.8) is 0 Å². The number of ether oxygens (including phenoxy) is 1. The van der Waals surface area contributed by atoms with E-state index >= 15 is 0 Å². The number of nitrogens with one attached hydrogen (secondary N) is 1. The van der Waals surface area contributed by atoms with Crippen molar-refractivity contribution < 1.29 is 17.9 Å². The van der Waals surface area contributed by atoms with Crippen molar-refractivity contribution in [1.82, 2.24) is 5.32 Å². The zero-order valence-corrected chi connectivity index (χ0v) is 19.5. The molecule has 0 spiro atoms. The molecule has 0 fully saturated rings. The molecule has 0 saturated carbocycles. The summed E-state index contributed by atoms with van der Waals surface area (Å²) in [6.07, 6.45) is 1.18. The molecule has 0 saturated heterocycles. The summed E-state index contributed by atoms with van der Waals surface area (Å²) in [6, 6.07) is 21.6. The molecule has 0 radical (unpaired) electrons. The van der Waals surface area contributed by atoms with Crippen molar-refractivity contribution in [3.05, 3.63) is 94.5 Å². The van der Waals surface area contributed by atoms with Crippen LogP contribution in [0.15, 0.2) is 72.8 Å². The van der Waals surface area contributed by atoms with E-state index in [1.165, 1.54) is 10.6 Å². The highest BCUT2D eigenvalue weighted by molar-refractivity contribution is 7.92. The first-order chi connectivity index (χ1) is 15.2. The van der Waals surface area contributed by atoms with Crippen molar-refractivity contribution in [3.8, 4) is 5.75 Å². The van der Waals surface area contributed by atoms with Crippen LogP contribution in [0.5, 0.6) is 5.75 Å². The maximum absolute atomic E-state index is 12.3. The number of nitrogens with zero attached hydrogens (tertiary/aromatic N) is 1. The summed E-state index contributed by atoms with van der Waals surface area (Å²) in [5.41, 5.74) is 3.33. The summed E-state index contributed by atoms with van der Waals surface area (Å²) < 4.78 is 31.6. The molecular weight excluding hydrogens is 448 g/mol. The fourth-order valence-electron chi connectivity index (χ4n) is 3.00. The maximum atomic E-state index is 12.3. The van der Waals surface area contributed by atoms with Gasteiger partial charge in [0.05, 0.1) is 18.5 Å². The van der Waals surface area contributed by atoms with Crippen molar-refractivity contribution >= 4 is 33.2 Å². The summed E-state index contributed by atoms with van der Waals surface area (Å²) in [4.78, 5) is 12.1. The molecule has 0 unspecified atom stereocenters. The average Bonchev–Trinajstić information content (AvgIpc) is 2.76. The Morgan fingerprint density at radius 2 is 1.66 bits per heavy atom. The van der Waals surface area contributed by atoms with Crippen LogP contribution in [0.2, 0.25) is 5.02 Å². The van der Waals surface area contributed by atoms with E-state index < -0.39 is 10.0 Å². The molecule has 0 aliphatic carbocycles. The van der Waals surface area contributed by atoms with E-state index in [4.69, 9.17) is 16.3 Å². The Hall–Kier alpha value is -3.03. The van der Waals surface area contributed by atoms with Gasteiger partial charge in [0.2, 0.25) is 10.0 Å². The van der Waals surface area contributed by atoms with Gasteiger partial charge >= 0.3 is 0 Å². The van der Waals surface area contributed by atoms with Gasteiger partial charge in [0.15, 0.2) is 6.61 Å². The van der Waals surface area contributed by atoms with E-state index in [2.05, 4.69) is 5.32 Å². The molecular formula is C24H25ClN2O4S. The van der Waals surface area contributed by atoms with Crippen LogP contribution in [0.1, 0.15) is 16.7 Å². The number of anilines is 1. The van der Waals surface area contributed by atoms with Crippen LogP contribution in [0.4, 0.5) is 5.69 Å². The standard InChI is InChI=1S/C24H25ClN2O4S/c1-18-7-9-19(10-8-18)16-27(32(2,29)30)21-11-13-22(14-12-21)31-17-24(28)26-15-20-5-3-4-6-23(20)25/h3-14H,15-17H2,1-2H3,(H,26,28). The Kier molecular flexibility index (Phi) is 7.77. The van der Waals surface area contributed by atoms with Gasteiger partial charge in [-0.3, -0.25) is 9.10 Å². The average molecular weight is 473 g/mol. The first-order valence-corrected chi connectivity index (χ1v) is 12.2. The van der Waals surface area contributed by atoms with Gasteiger partial charge in [0.25, 0.3) is 5.91 Å². The SMILES string of the molecule is Cc1ccc(CN(c2ccc(OCC(=O)NCc3ccccc3Cl)cc2)S(C)(=O)=O)cc1. The van der Waals surface area contributed by atoms with Crippen LogP contribution in [-0.2, 0) is 27.9 Å². The van der Waals surface area contributed by atoms with Gasteiger partial charge in [-0.25, -0.2) is 8.42 Å². The lowest BCUT2D eigenvalue weighted by Crippen LogP contribution is -2.29. The molecule has 3 rings (SSSR count). The van der Waals surface area contributed by atoms with Crippen molar-refractivity contribution in [2.75, 3.05) is 17.2 Å². The molecule has 3 aromatic carbocycles. The Morgan fingerprint density at radius 3 is 2.28 bits per heavy atom. The third kappa shape index (κ3) is 6.73. The number of benzene rings is 3. The lowest BCUT2D eigenvalue weighted by molar-refractivity contribution is -0.123. The molecule has 32 heavy (non-hydrogen) atoms. The number of aryl methyl sites for hydroxylation is 1. The van der Waals surface area contributed by atoms with Gasteiger partial charge in [-0.05, 0) is 48.4 Å². The molecule has 0 atom stereocenters. The Balaban J connectivity index is 1.59. The second kappa shape index (κ2) is 10.5. The third-order valence-electron chi connectivity index (χ3n) is 4.78. The normalized spacial score (nSPS) is 11.1. The largest absolute Gasteiger partial charge is 0.484 e. The number of rotatable bonds is 9. The maximum Gasteiger partial charge on any atom is 0.258 e. The summed E-state index contributed by atoms with van der Waals surface area (Å²) in [5, 5.41) is 3.34. The third-order valence-corrected chi connectivity index (χ3v) is 6.28. The summed E-state index contributed by atoms with van der Waals surface area (Å²) in [6.45, 7) is 2.35. The minimum Gasteiger partial charge on any atom is -0.484 e. The number of halogens is 1. The summed E-state index contributed by atoms with van der Waals surface area (Å²) in [5.74, 6) is 0.177. The minimum absolute atomic E-state index is 0.164. The first-order valence-electron chi connectivity index (χ1n) is 9.98. The number of hydrogen-bond acceptors (Lipinski definition) is 4. The fourth-order valence-corrected chi connectivity index (χ4v) is 4.09. The van der Waals surface area contributed by atoms with Gasteiger partial charge in [0.1, 0.15) is 5.75 Å².